The fourth-order valence-electron chi connectivity index (χ4n) is 0.952. The third kappa shape index (κ3) is 5.10. The maximum atomic E-state index is 11.6. The molecule has 0 unspecified atom stereocenters. The molecule has 1 aromatic heterocycles. The van der Waals surface area contributed by atoms with Crippen molar-refractivity contribution in [3.8, 4) is 0 Å². The summed E-state index contributed by atoms with van der Waals surface area (Å²) in [6.07, 6.45) is 1.41. The van der Waals surface area contributed by atoms with Gasteiger partial charge >= 0.3 is 0 Å². The first-order valence-electron chi connectivity index (χ1n) is 4.94. The number of imide groups is 1. The minimum Gasteiger partial charge on any atom is -0.450 e. The molecule has 1 aromatic rings. The Morgan fingerprint density at radius 3 is 2.53 bits per heavy atom. The minimum absolute atomic E-state index is 0.0946. The molecule has 0 spiro atoms. The van der Waals surface area contributed by atoms with E-state index in [1.807, 2.05) is 5.32 Å². The number of alkyl halides is 3. The predicted molar refractivity (Wildman–Crippen MR) is 72.8 cm³/mol. The Morgan fingerprint density at radius 2 is 2.00 bits per heavy atom. The van der Waals surface area contributed by atoms with Gasteiger partial charge in [0, 0.05) is 14.1 Å². The number of nitrogens with one attached hydrogen (secondary N) is 1. The summed E-state index contributed by atoms with van der Waals surface area (Å²) in [6, 6.07) is 2.89. The summed E-state index contributed by atoms with van der Waals surface area (Å²) in [5, 5.41) is 7.36. The van der Waals surface area contributed by atoms with E-state index in [1.165, 1.54) is 18.3 Å². The van der Waals surface area contributed by atoms with Crippen LogP contribution in [0.1, 0.15) is 16.3 Å². The van der Waals surface area contributed by atoms with E-state index in [0.29, 0.717) is 5.76 Å². The van der Waals surface area contributed by atoms with Crippen LogP contribution in [-0.2, 0) is 4.79 Å². The van der Waals surface area contributed by atoms with Crippen LogP contribution < -0.4 is 5.32 Å². The normalized spacial score (nSPS) is 11.6. The van der Waals surface area contributed by atoms with Crippen LogP contribution in [0.25, 0.3) is 0 Å². The average Bonchev–Trinajstić information content (AvgIpc) is 2.73. The molecule has 6 nitrogen and oxygen atoms in total. The van der Waals surface area contributed by atoms with Gasteiger partial charge in [0.1, 0.15) is 5.76 Å². The molecule has 0 aromatic carbocycles. The molecule has 9 heteroatoms. The Kier molecular flexibility index (Phi) is 5.22. The maximum Gasteiger partial charge on any atom is 0.293 e. The van der Waals surface area contributed by atoms with Crippen molar-refractivity contribution in [3.05, 3.63) is 23.7 Å². The molecule has 0 radical (unpaired) electrons. The fourth-order valence-corrected chi connectivity index (χ4v) is 1.09. The van der Waals surface area contributed by atoms with Crippen LogP contribution in [0.4, 0.5) is 0 Å². The first-order valence-corrected chi connectivity index (χ1v) is 6.07. The highest BCUT2D eigenvalue weighted by Gasteiger charge is 2.32. The molecule has 0 bridgehead atoms. The number of hydrogen-bond acceptors (Lipinski definition) is 5. The summed E-state index contributed by atoms with van der Waals surface area (Å²) in [5.41, 5.74) is 0. The smallest absolute Gasteiger partial charge is 0.293 e. The van der Waals surface area contributed by atoms with Crippen LogP contribution in [-0.4, -0.2) is 40.9 Å². The number of nitrogens with zero attached hydrogens (tertiary/aromatic N) is 2. The number of hydrogen-bond donors (Lipinski definition) is 1. The largest absolute Gasteiger partial charge is 0.450 e. The van der Waals surface area contributed by atoms with Gasteiger partial charge in [-0.1, -0.05) is 34.8 Å². The van der Waals surface area contributed by atoms with E-state index < -0.39 is 15.6 Å². The van der Waals surface area contributed by atoms with E-state index in [4.69, 9.17) is 39.2 Å². The summed E-state index contributed by atoms with van der Waals surface area (Å²) in [7, 11) is 3.46. The van der Waals surface area contributed by atoms with Crippen molar-refractivity contribution in [2.45, 2.75) is 3.79 Å². The highest BCUT2D eigenvalue weighted by atomic mass is 35.6. The number of amides is 2. The minimum atomic E-state index is -2.21. The quantitative estimate of drug-likeness (QED) is 0.522. The Labute approximate surface area is 124 Å². The van der Waals surface area contributed by atoms with E-state index in [1.54, 1.807) is 19.1 Å². The van der Waals surface area contributed by atoms with Gasteiger partial charge in [-0.15, -0.1) is 0 Å². The molecule has 0 saturated heterocycles. The maximum absolute atomic E-state index is 11.6. The number of hydrazone groups is 1. The molecule has 19 heavy (non-hydrogen) atoms. The van der Waals surface area contributed by atoms with Gasteiger partial charge in [0.05, 0.1) is 6.21 Å². The van der Waals surface area contributed by atoms with Crippen molar-refractivity contribution < 1.29 is 14.0 Å². The van der Waals surface area contributed by atoms with Gasteiger partial charge in [0.15, 0.2) is 5.76 Å². The second-order valence-electron chi connectivity index (χ2n) is 3.57. The van der Waals surface area contributed by atoms with E-state index in [9.17, 15) is 9.59 Å². The predicted octanol–water partition coefficient (Wildman–Crippen LogP) is 1.80. The van der Waals surface area contributed by atoms with Crippen molar-refractivity contribution >= 4 is 52.8 Å². The molecule has 104 valence electrons. The van der Waals surface area contributed by atoms with Crippen LogP contribution >= 0.6 is 34.8 Å². The molecule has 0 atom stereocenters. The number of furan rings is 1. The summed E-state index contributed by atoms with van der Waals surface area (Å²) in [5.74, 6) is -1.61. The Bertz CT molecular complexity index is 506. The number of halogens is 3. The Hall–Kier alpha value is -1.24. The summed E-state index contributed by atoms with van der Waals surface area (Å²) in [6.45, 7) is 0. The zero-order valence-electron chi connectivity index (χ0n) is 9.99. The SMILES string of the molecule is CN(C)/N=C/c1ccc(C(=O)NC(=O)C(Cl)(Cl)Cl)o1. The Balaban J connectivity index is 2.72. The fraction of sp³-hybridized carbons (Fsp3) is 0.300. The lowest BCUT2D eigenvalue weighted by molar-refractivity contribution is -0.119. The molecule has 0 fully saturated rings. The summed E-state index contributed by atoms with van der Waals surface area (Å²) < 4.78 is 2.93. The van der Waals surface area contributed by atoms with Gasteiger partial charge in [-0.05, 0) is 12.1 Å². The second kappa shape index (κ2) is 6.27. The van der Waals surface area contributed by atoms with Crippen molar-refractivity contribution in [2.24, 2.45) is 5.10 Å². The molecule has 0 aliphatic heterocycles. The van der Waals surface area contributed by atoms with Crippen molar-refractivity contribution in [1.82, 2.24) is 10.3 Å². The topological polar surface area (TPSA) is 74.9 Å². The lowest BCUT2D eigenvalue weighted by Gasteiger charge is -2.08. The second-order valence-corrected chi connectivity index (χ2v) is 5.86. The molecular weight excluding hydrogens is 316 g/mol. The van der Waals surface area contributed by atoms with Crippen LogP contribution in [0, 0.1) is 0 Å². The molecule has 0 aliphatic rings. The van der Waals surface area contributed by atoms with Crippen LogP contribution in [0.5, 0.6) is 0 Å². The third-order valence-electron chi connectivity index (χ3n) is 1.75. The first kappa shape index (κ1) is 15.8. The lowest BCUT2D eigenvalue weighted by Crippen LogP contribution is -2.38. The standard InChI is InChI=1S/C10H10Cl3N3O3/c1-16(2)14-5-6-3-4-7(19-6)8(17)15-9(18)10(11,12)13/h3-5H,1-2H3,(H,15,17,18)/b14-5+. The van der Waals surface area contributed by atoms with Gasteiger partial charge in [0.2, 0.25) is 0 Å². The van der Waals surface area contributed by atoms with Crippen LogP contribution in [0.2, 0.25) is 0 Å². The monoisotopic (exact) mass is 325 g/mol. The van der Waals surface area contributed by atoms with Crippen LogP contribution in [0.3, 0.4) is 0 Å². The molecule has 2 amide bonds. The summed E-state index contributed by atoms with van der Waals surface area (Å²) in [4.78, 5) is 22.9. The van der Waals surface area contributed by atoms with Gasteiger partial charge < -0.3 is 9.43 Å². The highest BCUT2D eigenvalue weighted by molar-refractivity contribution is 6.76. The lowest BCUT2D eigenvalue weighted by atomic mass is 10.4. The van der Waals surface area contributed by atoms with Crippen molar-refractivity contribution in [2.75, 3.05) is 14.1 Å². The van der Waals surface area contributed by atoms with E-state index >= 15 is 0 Å². The van der Waals surface area contributed by atoms with Gasteiger partial charge in [-0.2, -0.15) is 5.10 Å². The molecule has 0 aliphatic carbocycles. The van der Waals surface area contributed by atoms with E-state index in [-0.39, 0.29) is 5.76 Å². The van der Waals surface area contributed by atoms with Gasteiger partial charge in [-0.25, -0.2) is 0 Å². The van der Waals surface area contributed by atoms with Gasteiger partial charge in [-0.3, -0.25) is 14.9 Å². The van der Waals surface area contributed by atoms with E-state index in [0.717, 1.165) is 0 Å². The molecule has 1 N–H and O–H groups in total. The third-order valence-corrected chi connectivity index (χ3v) is 2.27. The highest BCUT2D eigenvalue weighted by Crippen LogP contribution is 2.25. The summed E-state index contributed by atoms with van der Waals surface area (Å²) >= 11 is 15.9. The number of carbonyl (C=O) groups excluding carboxylic acids is 2. The van der Waals surface area contributed by atoms with Crippen molar-refractivity contribution in [3.63, 3.8) is 0 Å². The van der Waals surface area contributed by atoms with Crippen LogP contribution in [0.15, 0.2) is 21.7 Å². The first-order chi connectivity index (χ1) is 8.70. The molecular formula is C10H10Cl3N3O3. The van der Waals surface area contributed by atoms with E-state index in [2.05, 4.69) is 5.10 Å². The average molecular weight is 327 g/mol. The molecule has 1 rings (SSSR count). The molecule has 1 heterocycles. The number of carbonyl (C=O) groups is 2. The zero-order chi connectivity index (χ0) is 14.6. The van der Waals surface area contributed by atoms with Gasteiger partial charge in [0.25, 0.3) is 15.6 Å². The zero-order valence-corrected chi connectivity index (χ0v) is 12.3. The molecule has 0 saturated carbocycles. The Morgan fingerprint density at radius 1 is 1.37 bits per heavy atom. The van der Waals surface area contributed by atoms with Crippen molar-refractivity contribution in [1.29, 1.82) is 0 Å². The number of rotatable bonds is 3.